The first kappa shape index (κ1) is 35.3. The fraction of sp³-hybridized carbons (Fsp3) is 0.815. The van der Waals surface area contributed by atoms with Gasteiger partial charge in [0.2, 0.25) is 11.8 Å². The highest BCUT2D eigenvalue weighted by molar-refractivity contribution is 6.36. The average molecular weight is 543 g/mol. The minimum Gasteiger partial charge on any atom is -0.454 e. The number of alkyl carbamates (subject to hydrolysis) is 1. The number of Topliss-reactive ketones (excluding diaryl/α,β-unsaturated/α-hetero) is 1. The molecule has 11 heteroatoms. The number of carbonyl (C=O) groups excluding carboxylic acids is 5. The number of ether oxygens (including phenoxy) is 2. The van der Waals surface area contributed by atoms with Crippen molar-refractivity contribution in [3.05, 3.63) is 0 Å². The molecule has 0 saturated heterocycles. The van der Waals surface area contributed by atoms with Gasteiger partial charge in [0.05, 0.1) is 0 Å². The Hall–Kier alpha value is -2.69. The lowest BCUT2D eigenvalue weighted by atomic mass is 9.97. The van der Waals surface area contributed by atoms with Crippen LogP contribution in [0.4, 0.5) is 4.79 Å². The number of unbranched alkanes of at least 4 members (excludes halogenated alkanes) is 1. The Morgan fingerprint density at radius 1 is 0.737 bits per heavy atom. The van der Waals surface area contributed by atoms with Crippen molar-refractivity contribution < 1.29 is 33.4 Å². The van der Waals surface area contributed by atoms with E-state index < -0.39 is 64.9 Å². The summed E-state index contributed by atoms with van der Waals surface area (Å²) in [5.74, 6) is -3.48. The van der Waals surface area contributed by atoms with Crippen LogP contribution in [-0.4, -0.2) is 65.5 Å². The molecule has 38 heavy (non-hydrogen) atoms. The third kappa shape index (κ3) is 14.9. The lowest BCUT2D eigenvalue weighted by Gasteiger charge is -2.28. The molecule has 3 amide bonds. The van der Waals surface area contributed by atoms with Gasteiger partial charge in [-0.25, -0.2) is 9.59 Å². The number of carbonyl (C=O) groups is 5. The topological polar surface area (TPSA) is 166 Å². The molecule has 0 aromatic rings. The number of ketones is 1. The van der Waals surface area contributed by atoms with Crippen molar-refractivity contribution in [2.24, 2.45) is 17.6 Å². The Morgan fingerprint density at radius 3 is 1.71 bits per heavy atom. The standard InChI is InChI=1S/C27H50N4O7/c1-16(2)15-19(23(34)31-20(17(3)4)21(32)24(35)37-26(5,6)7)29-22(33)18(13-11-12-14-28)30-25(36)38-27(8,9)10/h16-20H,11-15,28H2,1-10H3,(H,29,33)(H,30,36)(H,31,34)/t18-,19-,20-/m0/s1. The van der Waals surface area contributed by atoms with E-state index in [9.17, 15) is 24.0 Å². The molecule has 3 atom stereocenters. The lowest BCUT2D eigenvalue weighted by molar-refractivity contribution is -0.163. The van der Waals surface area contributed by atoms with Crippen molar-refractivity contribution in [1.29, 1.82) is 0 Å². The van der Waals surface area contributed by atoms with Gasteiger partial charge in [-0.1, -0.05) is 27.7 Å². The van der Waals surface area contributed by atoms with Gasteiger partial charge in [0.1, 0.15) is 29.3 Å². The van der Waals surface area contributed by atoms with Crippen LogP contribution in [0.25, 0.3) is 0 Å². The van der Waals surface area contributed by atoms with E-state index in [-0.39, 0.29) is 12.3 Å². The van der Waals surface area contributed by atoms with E-state index in [1.54, 1.807) is 55.4 Å². The van der Waals surface area contributed by atoms with Gasteiger partial charge >= 0.3 is 12.1 Å². The Morgan fingerprint density at radius 2 is 1.26 bits per heavy atom. The third-order valence-electron chi connectivity index (χ3n) is 5.14. The zero-order valence-corrected chi connectivity index (χ0v) is 24.9. The Balaban J connectivity index is 5.74. The SMILES string of the molecule is CC(C)C[C@H](NC(=O)[C@H](CCCCN)NC(=O)OC(C)(C)C)C(=O)N[C@H](C(=O)C(=O)OC(C)(C)C)C(C)C. The lowest BCUT2D eigenvalue weighted by Crippen LogP contribution is -2.57. The fourth-order valence-corrected chi connectivity index (χ4v) is 3.43. The molecule has 0 unspecified atom stereocenters. The molecule has 0 fully saturated rings. The number of nitrogens with one attached hydrogen (secondary N) is 3. The zero-order chi connectivity index (χ0) is 29.8. The van der Waals surface area contributed by atoms with Crippen LogP contribution < -0.4 is 21.7 Å². The Bertz CT molecular complexity index is 813. The highest BCUT2D eigenvalue weighted by Crippen LogP contribution is 2.13. The summed E-state index contributed by atoms with van der Waals surface area (Å²) in [6.07, 6.45) is 1.04. The van der Waals surface area contributed by atoms with Gasteiger partial charge in [0, 0.05) is 0 Å². The fourth-order valence-electron chi connectivity index (χ4n) is 3.43. The van der Waals surface area contributed by atoms with E-state index in [2.05, 4.69) is 16.0 Å². The van der Waals surface area contributed by atoms with Gasteiger partial charge in [-0.05, 0) is 85.6 Å². The van der Waals surface area contributed by atoms with Gasteiger partial charge in [0.15, 0.2) is 0 Å². The third-order valence-corrected chi connectivity index (χ3v) is 5.14. The summed E-state index contributed by atoms with van der Waals surface area (Å²) in [4.78, 5) is 64.0. The van der Waals surface area contributed by atoms with Crippen molar-refractivity contribution in [2.75, 3.05) is 6.54 Å². The number of hydrogen-bond donors (Lipinski definition) is 4. The van der Waals surface area contributed by atoms with Crippen LogP contribution in [0.3, 0.4) is 0 Å². The predicted octanol–water partition coefficient (Wildman–Crippen LogP) is 2.59. The molecule has 0 bridgehead atoms. The smallest absolute Gasteiger partial charge is 0.408 e. The second-order valence-corrected chi connectivity index (χ2v) is 12.3. The maximum Gasteiger partial charge on any atom is 0.408 e. The maximum atomic E-state index is 13.3. The Kier molecular flexibility index (Phi) is 14.5. The van der Waals surface area contributed by atoms with E-state index in [0.717, 1.165) is 0 Å². The second kappa shape index (κ2) is 15.7. The van der Waals surface area contributed by atoms with Crippen LogP contribution in [0, 0.1) is 11.8 Å². The summed E-state index contributed by atoms with van der Waals surface area (Å²) in [6, 6.07) is -3.10. The minimum absolute atomic E-state index is 0.0135. The van der Waals surface area contributed by atoms with E-state index in [1.165, 1.54) is 0 Å². The van der Waals surface area contributed by atoms with Crippen LogP contribution in [0.1, 0.15) is 94.9 Å². The molecule has 0 aromatic heterocycles. The van der Waals surface area contributed by atoms with Gasteiger partial charge in [-0.2, -0.15) is 0 Å². The van der Waals surface area contributed by atoms with E-state index in [0.29, 0.717) is 25.8 Å². The first-order valence-electron chi connectivity index (χ1n) is 13.3. The molecule has 5 N–H and O–H groups in total. The Labute approximate surface area is 227 Å². The number of rotatable bonds is 14. The quantitative estimate of drug-likeness (QED) is 0.148. The van der Waals surface area contributed by atoms with Gasteiger partial charge in [0.25, 0.3) is 5.78 Å². The molecule has 0 aliphatic carbocycles. The van der Waals surface area contributed by atoms with Crippen molar-refractivity contribution in [1.82, 2.24) is 16.0 Å². The average Bonchev–Trinajstić information content (AvgIpc) is 2.72. The van der Waals surface area contributed by atoms with Crippen LogP contribution in [0.2, 0.25) is 0 Å². The van der Waals surface area contributed by atoms with Gasteiger partial charge < -0.3 is 31.2 Å². The molecular formula is C27H50N4O7. The second-order valence-electron chi connectivity index (χ2n) is 12.3. The van der Waals surface area contributed by atoms with Crippen LogP contribution >= 0.6 is 0 Å². The monoisotopic (exact) mass is 542 g/mol. The van der Waals surface area contributed by atoms with Crippen molar-refractivity contribution in [3.63, 3.8) is 0 Å². The minimum atomic E-state index is -1.14. The van der Waals surface area contributed by atoms with Crippen molar-refractivity contribution >= 4 is 29.7 Å². The molecule has 0 aliphatic heterocycles. The van der Waals surface area contributed by atoms with E-state index in [4.69, 9.17) is 15.2 Å². The number of amides is 3. The molecule has 0 rings (SSSR count). The molecule has 0 saturated carbocycles. The number of nitrogens with two attached hydrogens (primary N) is 1. The molecule has 220 valence electrons. The van der Waals surface area contributed by atoms with Crippen LogP contribution in [0.15, 0.2) is 0 Å². The number of esters is 1. The predicted molar refractivity (Wildman–Crippen MR) is 145 cm³/mol. The van der Waals surface area contributed by atoms with Crippen molar-refractivity contribution in [2.45, 2.75) is 124 Å². The molecule has 0 aliphatic rings. The summed E-state index contributed by atoms with van der Waals surface area (Å²) in [6.45, 7) is 17.7. The summed E-state index contributed by atoms with van der Waals surface area (Å²) < 4.78 is 10.5. The maximum absolute atomic E-state index is 13.3. The molecule has 0 heterocycles. The highest BCUT2D eigenvalue weighted by atomic mass is 16.6. The molecule has 0 aromatic carbocycles. The van der Waals surface area contributed by atoms with E-state index >= 15 is 0 Å². The largest absolute Gasteiger partial charge is 0.454 e. The first-order valence-corrected chi connectivity index (χ1v) is 13.3. The molecular weight excluding hydrogens is 492 g/mol. The van der Waals surface area contributed by atoms with Crippen LogP contribution in [-0.2, 0) is 28.7 Å². The van der Waals surface area contributed by atoms with Crippen molar-refractivity contribution in [3.8, 4) is 0 Å². The van der Waals surface area contributed by atoms with Gasteiger partial charge in [-0.3, -0.25) is 14.4 Å². The van der Waals surface area contributed by atoms with Gasteiger partial charge in [-0.15, -0.1) is 0 Å². The summed E-state index contributed by atoms with van der Waals surface area (Å²) in [7, 11) is 0. The zero-order valence-electron chi connectivity index (χ0n) is 24.9. The number of hydrogen-bond acceptors (Lipinski definition) is 8. The summed E-state index contributed by atoms with van der Waals surface area (Å²) >= 11 is 0. The highest BCUT2D eigenvalue weighted by Gasteiger charge is 2.35. The normalized spacial score (nSPS) is 14.3. The first-order chi connectivity index (χ1) is 17.3. The molecule has 11 nitrogen and oxygen atoms in total. The molecule has 0 radical (unpaired) electrons. The van der Waals surface area contributed by atoms with E-state index in [1.807, 2.05) is 13.8 Å². The molecule has 0 spiro atoms. The summed E-state index contributed by atoms with van der Waals surface area (Å²) in [5, 5.41) is 7.92. The van der Waals surface area contributed by atoms with Crippen LogP contribution in [0.5, 0.6) is 0 Å². The summed E-state index contributed by atoms with van der Waals surface area (Å²) in [5.41, 5.74) is 3.95.